The summed E-state index contributed by atoms with van der Waals surface area (Å²) in [4.78, 5) is 24.6. The summed E-state index contributed by atoms with van der Waals surface area (Å²) in [6.07, 6.45) is 1.58. The molecular formula is C21H20N2O5. The molecule has 0 saturated heterocycles. The fourth-order valence-corrected chi connectivity index (χ4v) is 2.55. The van der Waals surface area contributed by atoms with Gasteiger partial charge in [0.25, 0.3) is 0 Å². The topological polar surface area (TPSA) is 79.7 Å². The van der Waals surface area contributed by atoms with Gasteiger partial charge >= 0.3 is 5.97 Å². The van der Waals surface area contributed by atoms with Gasteiger partial charge in [0, 0.05) is 5.56 Å². The molecule has 0 bridgehead atoms. The zero-order valence-corrected chi connectivity index (χ0v) is 15.6. The normalized spacial score (nSPS) is 10.4. The molecule has 0 spiro atoms. The molecule has 2 aromatic carbocycles. The van der Waals surface area contributed by atoms with Gasteiger partial charge in [-0.1, -0.05) is 18.2 Å². The Morgan fingerprint density at radius 3 is 2.39 bits per heavy atom. The number of benzene rings is 2. The van der Waals surface area contributed by atoms with Gasteiger partial charge in [-0.2, -0.15) is 5.10 Å². The molecule has 3 rings (SSSR count). The maximum atomic E-state index is 12.4. The van der Waals surface area contributed by atoms with E-state index in [1.54, 1.807) is 30.5 Å². The lowest BCUT2D eigenvalue weighted by atomic mass is 10.1. The van der Waals surface area contributed by atoms with E-state index in [4.69, 9.17) is 14.2 Å². The van der Waals surface area contributed by atoms with Crippen LogP contribution in [0.25, 0.3) is 5.69 Å². The lowest BCUT2D eigenvalue weighted by Gasteiger charge is -2.06. The Morgan fingerprint density at radius 2 is 1.75 bits per heavy atom. The van der Waals surface area contributed by atoms with E-state index >= 15 is 0 Å². The van der Waals surface area contributed by atoms with Crippen molar-refractivity contribution in [2.75, 3.05) is 20.3 Å². The molecule has 0 amide bonds. The highest BCUT2D eigenvalue weighted by Gasteiger charge is 2.21. The number of hydrogen-bond acceptors (Lipinski definition) is 6. The predicted molar refractivity (Wildman–Crippen MR) is 102 cm³/mol. The Kier molecular flexibility index (Phi) is 6.06. The molecule has 0 saturated carbocycles. The number of methoxy groups -OCH3 is 1. The van der Waals surface area contributed by atoms with E-state index in [9.17, 15) is 9.59 Å². The second-order valence-electron chi connectivity index (χ2n) is 5.78. The summed E-state index contributed by atoms with van der Waals surface area (Å²) >= 11 is 0. The molecule has 1 aromatic heterocycles. The van der Waals surface area contributed by atoms with Gasteiger partial charge in [-0.15, -0.1) is 0 Å². The number of Topliss-reactive ketones (excluding diaryl/α,β-unsaturated/α-hetero) is 1. The second-order valence-corrected chi connectivity index (χ2v) is 5.78. The molecule has 0 atom stereocenters. The van der Waals surface area contributed by atoms with Crippen molar-refractivity contribution in [3.8, 4) is 17.2 Å². The van der Waals surface area contributed by atoms with Crippen molar-refractivity contribution in [1.29, 1.82) is 0 Å². The Balaban J connectivity index is 1.67. The van der Waals surface area contributed by atoms with Crippen LogP contribution in [-0.4, -0.2) is 41.9 Å². The van der Waals surface area contributed by atoms with Crippen molar-refractivity contribution in [3.05, 3.63) is 72.1 Å². The summed E-state index contributed by atoms with van der Waals surface area (Å²) in [6, 6.07) is 15.9. The third-order valence-corrected chi connectivity index (χ3v) is 3.94. The number of rotatable bonds is 8. The highest BCUT2D eigenvalue weighted by atomic mass is 16.5. The third-order valence-electron chi connectivity index (χ3n) is 3.94. The molecule has 1 heterocycles. The molecule has 3 aromatic rings. The zero-order chi connectivity index (χ0) is 19.9. The molecular weight excluding hydrogens is 360 g/mol. The van der Waals surface area contributed by atoms with Crippen LogP contribution in [0.5, 0.6) is 11.5 Å². The Bertz CT molecular complexity index is 949. The third kappa shape index (κ3) is 4.37. The molecule has 0 aliphatic rings. The Labute approximate surface area is 162 Å². The van der Waals surface area contributed by atoms with Gasteiger partial charge < -0.3 is 14.2 Å². The molecule has 7 heteroatoms. The van der Waals surface area contributed by atoms with Crippen molar-refractivity contribution in [2.45, 2.75) is 6.92 Å². The summed E-state index contributed by atoms with van der Waals surface area (Å²) in [5.74, 6) is -0.113. The molecule has 0 fully saturated rings. The zero-order valence-electron chi connectivity index (χ0n) is 15.6. The monoisotopic (exact) mass is 380 g/mol. The Hall–Kier alpha value is -3.61. The highest BCUT2D eigenvalue weighted by molar-refractivity contribution is 5.99. The van der Waals surface area contributed by atoms with Gasteiger partial charge in [-0.3, -0.25) is 4.79 Å². The predicted octanol–water partition coefficient (Wildman–Crippen LogP) is 3.32. The number of carbonyl (C=O) groups excluding carboxylic acids is 2. The average molecular weight is 380 g/mol. The quantitative estimate of drug-likeness (QED) is 0.441. The lowest BCUT2D eigenvalue weighted by molar-refractivity contribution is 0.0465. The number of carbonyl (C=O) groups is 2. The fraction of sp³-hybridized carbons (Fsp3) is 0.190. The van der Waals surface area contributed by atoms with Crippen LogP contribution in [0.4, 0.5) is 0 Å². The number of ether oxygens (including phenoxy) is 3. The number of para-hydroxylation sites is 1. The van der Waals surface area contributed by atoms with Gasteiger partial charge in [0.15, 0.2) is 18.1 Å². The smallest absolute Gasteiger partial charge is 0.363 e. The van der Waals surface area contributed by atoms with Crippen LogP contribution >= 0.6 is 0 Å². The molecule has 7 nitrogen and oxygen atoms in total. The average Bonchev–Trinajstić information content (AvgIpc) is 3.18. The maximum Gasteiger partial charge on any atom is 0.363 e. The first-order chi connectivity index (χ1) is 13.6. The first kappa shape index (κ1) is 19.2. The minimum atomic E-state index is -0.731. The van der Waals surface area contributed by atoms with E-state index in [-0.39, 0.29) is 17.2 Å². The molecule has 0 aliphatic heterocycles. The molecule has 0 N–H and O–H groups in total. The second kappa shape index (κ2) is 8.85. The van der Waals surface area contributed by atoms with Gasteiger partial charge in [0.05, 0.1) is 25.6 Å². The fourth-order valence-electron chi connectivity index (χ4n) is 2.55. The van der Waals surface area contributed by atoms with Gasteiger partial charge in [0.2, 0.25) is 5.69 Å². The number of ketones is 1. The summed E-state index contributed by atoms with van der Waals surface area (Å²) < 4.78 is 17.2. The largest absolute Gasteiger partial charge is 0.494 e. The SMILES string of the molecule is CCOc1ccc(C(=O)COC(=O)c2nn(-c3ccccc3)cc2OC)cc1. The van der Waals surface area contributed by atoms with E-state index < -0.39 is 12.6 Å². The molecule has 0 aliphatic carbocycles. The van der Waals surface area contributed by atoms with Crippen LogP contribution in [0, 0.1) is 0 Å². The van der Waals surface area contributed by atoms with Crippen molar-refractivity contribution < 1.29 is 23.8 Å². The number of hydrogen-bond donors (Lipinski definition) is 0. The molecule has 144 valence electrons. The van der Waals surface area contributed by atoms with Crippen molar-refractivity contribution in [1.82, 2.24) is 9.78 Å². The van der Waals surface area contributed by atoms with Gasteiger partial charge in [0.1, 0.15) is 5.75 Å². The van der Waals surface area contributed by atoms with Crippen LogP contribution in [-0.2, 0) is 4.74 Å². The van der Waals surface area contributed by atoms with E-state index in [0.717, 1.165) is 5.69 Å². The first-order valence-corrected chi connectivity index (χ1v) is 8.74. The lowest BCUT2D eigenvalue weighted by Crippen LogP contribution is -2.15. The molecule has 28 heavy (non-hydrogen) atoms. The molecule has 0 radical (unpaired) electrons. The number of aromatic nitrogens is 2. The van der Waals surface area contributed by atoms with Crippen LogP contribution < -0.4 is 9.47 Å². The van der Waals surface area contributed by atoms with E-state index in [1.807, 2.05) is 37.3 Å². The Morgan fingerprint density at radius 1 is 1.04 bits per heavy atom. The summed E-state index contributed by atoms with van der Waals surface area (Å²) in [5.41, 5.74) is 1.20. The summed E-state index contributed by atoms with van der Waals surface area (Å²) in [7, 11) is 1.44. The first-order valence-electron chi connectivity index (χ1n) is 8.74. The number of nitrogens with zero attached hydrogens (tertiary/aromatic N) is 2. The van der Waals surface area contributed by atoms with Gasteiger partial charge in [-0.25, -0.2) is 9.48 Å². The summed E-state index contributed by atoms with van der Waals surface area (Å²) in [6.45, 7) is 2.03. The van der Waals surface area contributed by atoms with Crippen molar-refractivity contribution >= 4 is 11.8 Å². The minimum absolute atomic E-state index is 0.00541. The number of esters is 1. The van der Waals surface area contributed by atoms with Gasteiger partial charge in [-0.05, 0) is 43.3 Å². The van der Waals surface area contributed by atoms with Crippen molar-refractivity contribution in [3.63, 3.8) is 0 Å². The van der Waals surface area contributed by atoms with Crippen molar-refractivity contribution in [2.24, 2.45) is 0 Å². The highest BCUT2D eigenvalue weighted by Crippen LogP contribution is 2.20. The van der Waals surface area contributed by atoms with E-state index in [2.05, 4.69) is 5.10 Å². The van der Waals surface area contributed by atoms with Crippen LogP contribution in [0.1, 0.15) is 27.8 Å². The maximum absolute atomic E-state index is 12.4. The van der Waals surface area contributed by atoms with Crippen LogP contribution in [0.2, 0.25) is 0 Å². The standard InChI is InChI=1S/C21H20N2O5/c1-3-27-17-11-9-15(10-12-17)18(24)14-28-21(25)20-19(26-2)13-23(22-20)16-7-5-4-6-8-16/h4-13H,3,14H2,1-2H3. The molecule has 0 unspecified atom stereocenters. The minimum Gasteiger partial charge on any atom is -0.494 e. The van der Waals surface area contributed by atoms with E-state index in [0.29, 0.717) is 17.9 Å². The van der Waals surface area contributed by atoms with Crippen LogP contribution in [0.3, 0.4) is 0 Å². The van der Waals surface area contributed by atoms with E-state index in [1.165, 1.54) is 11.8 Å². The summed E-state index contributed by atoms with van der Waals surface area (Å²) in [5, 5.41) is 4.22. The van der Waals surface area contributed by atoms with Crippen LogP contribution in [0.15, 0.2) is 60.8 Å².